The first-order valence-corrected chi connectivity index (χ1v) is 8.70. The van der Waals surface area contributed by atoms with Crippen LogP contribution in [0.1, 0.15) is 38.0 Å². The summed E-state index contributed by atoms with van der Waals surface area (Å²) in [5, 5.41) is 19.2. The van der Waals surface area contributed by atoms with Crippen molar-refractivity contribution in [2.24, 2.45) is 5.92 Å². The summed E-state index contributed by atoms with van der Waals surface area (Å²) in [6.45, 7) is 2.93. The lowest BCUT2D eigenvalue weighted by Crippen LogP contribution is -2.39. The van der Waals surface area contributed by atoms with Gasteiger partial charge in [-0.25, -0.2) is 4.79 Å². The van der Waals surface area contributed by atoms with Gasteiger partial charge in [0.2, 0.25) is 11.7 Å². The maximum atomic E-state index is 11.9. The van der Waals surface area contributed by atoms with Gasteiger partial charge in [-0.15, -0.1) is 0 Å². The zero-order valence-corrected chi connectivity index (χ0v) is 14.3. The summed E-state index contributed by atoms with van der Waals surface area (Å²) in [5.41, 5.74) is 0.897. The largest absolute Gasteiger partial charge is 0.393 e. The Bertz CT molecular complexity index is 689. The second kappa shape index (κ2) is 8.11. The average molecular weight is 344 g/mol. The van der Waals surface area contributed by atoms with Gasteiger partial charge < -0.3 is 20.3 Å². The molecule has 7 heteroatoms. The van der Waals surface area contributed by atoms with Crippen LogP contribution in [0.5, 0.6) is 0 Å². The molecule has 1 aromatic heterocycles. The van der Waals surface area contributed by atoms with Crippen molar-refractivity contribution in [1.82, 2.24) is 20.8 Å². The molecule has 1 heterocycles. The molecule has 0 saturated heterocycles. The maximum Gasteiger partial charge on any atom is 0.314 e. The predicted octanol–water partition coefficient (Wildman–Crippen LogP) is 2.30. The first-order chi connectivity index (χ1) is 12.1. The van der Waals surface area contributed by atoms with E-state index in [1.807, 2.05) is 37.3 Å². The molecule has 0 radical (unpaired) electrons. The number of hydrogen-bond acceptors (Lipinski definition) is 5. The summed E-state index contributed by atoms with van der Waals surface area (Å²) < 4.78 is 5.31. The van der Waals surface area contributed by atoms with Gasteiger partial charge in [0.1, 0.15) is 0 Å². The highest BCUT2D eigenvalue weighted by Gasteiger charge is 2.23. The lowest BCUT2D eigenvalue weighted by atomic mass is 10.1. The van der Waals surface area contributed by atoms with Crippen LogP contribution < -0.4 is 10.6 Å². The van der Waals surface area contributed by atoms with Gasteiger partial charge in [-0.2, -0.15) is 4.98 Å². The lowest BCUT2D eigenvalue weighted by molar-refractivity contribution is 0.177. The molecule has 7 nitrogen and oxygen atoms in total. The molecule has 1 aliphatic rings. The number of urea groups is 1. The molecule has 0 aliphatic heterocycles. The van der Waals surface area contributed by atoms with E-state index in [1.54, 1.807) is 0 Å². The van der Waals surface area contributed by atoms with Gasteiger partial charge in [0.15, 0.2) is 0 Å². The molecule has 0 bridgehead atoms. The Morgan fingerprint density at radius 1 is 1.32 bits per heavy atom. The molecule has 1 aromatic carbocycles. The Hall–Kier alpha value is -2.41. The molecule has 3 atom stereocenters. The highest BCUT2D eigenvalue weighted by molar-refractivity contribution is 5.73. The van der Waals surface area contributed by atoms with Crippen LogP contribution in [0.15, 0.2) is 34.9 Å². The van der Waals surface area contributed by atoms with Crippen molar-refractivity contribution in [3.8, 4) is 11.4 Å². The summed E-state index contributed by atoms with van der Waals surface area (Å²) in [6, 6.07) is 9.40. The van der Waals surface area contributed by atoms with E-state index in [1.165, 1.54) is 0 Å². The van der Waals surface area contributed by atoms with Gasteiger partial charge in [0.25, 0.3) is 0 Å². The number of rotatable bonds is 6. The molecule has 25 heavy (non-hydrogen) atoms. The number of carbonyl (C=O) groups is 1. The highest BCUT2D eigenvalue weighted by Crippen LogP contribution is 2.24. The van der Waals surface area contributed by atoms with Crippen molar-refractivity contribution in [2.45, 2.75) is 38.2 Å². The minimum absolute atomic E-state index is 0.0796. The van der Waals surface area contributed by atoms with E-state index in [2.05, 4.69) is 20.8 Å². The minimum atomic E-state index is -0.216. The van der Waals surface area contributed by atoms with Gasteiger partial charge in [-0.1, -0.05) is 42.4 Å². The van der Waals surface area contributed by atoms with Crippen molar-refractivity contribution in [1.29, 1.82) is 0 Å². The maximum absolute atomic E-state index is 11.9. The highest BCUT2D eigenvalue weighted by atomic mass is 16.5. The van der Waals surface area contributed by atoms with Crippen molar-refractivity contribution in [3.63, 3.8) is 0 Å². The van der Waals surface area contributed by atoms with E-state index in [0.717, 1.165) is 24.8 Å². The number of carbonyl (C=O) groups excluding carboxylic acids is 1. The SMILES string of the molecule is C[C@H](CNC(=O)NC[C@@H]1CC[C@H](O)C1)c1nc(-c2ccccc2)no1. The molecule has 3 N–H and O–H groups in total. The standard InChI is InChI=1S/C18H24N4O3/c1-12(10-19-18(24)20-11-13-7-8-15(23)9-13)17-21-16(22-25-17)14-5-3-2-4-6-14/h2-6,12-13,15,23H,7-11H2,1H3,(H2,19,20,24)/t12-,13-,15+/m1/s1. The topological polar surface area (TPSA) is 100 Å². The molecule has 2 amide bonds. The third-order valence-electron chi connectivity index (χ3n) is 4.53. The summed E-state index contributed by atoms with van der Waals surface area (Å²) in [5.74, 6) is 1.33. The van der Waals surface area contributed by atoms with E-state index >= 15 is 0 Å². The number of amides is 2. The molecule has 134 valence electrons. The number of hydrogen-bond donors (Lipinski definition) is 3. The Morgan fingerprint density at radius 3 is 2.84 bits per heavy atom. The fourth-order valence-electron chi connectivity index (χ4n) is 3.01. The van der Waals surface area contributed by atoms with Gasteiger partial charge >= 0.3 is 6.03 Å². The third kappa shape index (κ3) is 4.79. The van der Waals surface area contributed by atoms with Gasteiger partial charge in [-0.05, 0) is 25.2 Å². The fourth-order valence-corrected chi connectivity index (χ4v) is 3.01. The quantitative estimate of drug-likeness (QED) is 0.746. The van der Waals surface area contributed by atoms with Crippen LogP contribution in [0.25, 0.3) is 11.4 Å². The lowest BCUT2D eigenvalue weighted by Gasteiger charge is -2.13. The van der Waals surface area contributed by atoms with E-state index in [-0.39, 0.29) is 18.1 Å². The molecule has 0 spiro atoms. The number of benzene rings is 1. The third-order valence-corrected chi connectivity index (χ3v) is 4.53. The monoisotopic (exact) mass is 344 g/mol. The van der Waals surface area contributed by atoms with Crippen LogP contribution in [0.4, 0.5) is 4.79 Å². The van der Waals surface area contributed by atoms with Crippen molar-refractivity contribution in [2.75, 3.05) is 13.1 Å². The summed E-state index contributed by atoms with van der Waals surface area (Å²) in [6.07, 6.45) is 2.33. The molecular formula is C18H24N4O3. The van der Waals surface area contributed by atoms with Crippen molar-refractivity contribution >= 4 is 6.03 Å². The first-order valence-electron chi connectivity index (χ1n) is 8.70. The van der Waals surface area contributed by atoms with Crippen LogP contribution in [0.2, 0.25) is 0 Å². The van der Waals surface area contributed by atoms with E-state index in [4.69, 9.17) is 4.52 Å². The van der Waals surface area contributed by atoms with Crippen LogP contribution in [-0.4, -0.2) is 40.5 Å². The van der Waals surface area contributed by atoms with Crippen molar-refractivity contribution < 1.29 is 14.4 Å². The minimum Gasteiger partial charge on any atom is -0.393 e. The van der Waals surface area contributed by atoms with Crippen molar-refractivity contribution in [3.05, 3.63) is 36.2 Å². The molecule has 0 unspecified atom stereocenters. The second-order valence-corrected chi connectivity index (χ2v) is 6.65. The molecule has 3 rings (SSSR count). The zero-order valence-electron chi connectivity index (χ0n) is 14.3. The van der Waals surface area contributed by atoms with Crippen LogP contribution in [0.3, 0.4) is 0 Å². The van der Waals surface area contributed by atoms with Crippen LogP contribution >= 0.6 is 0 Å². The number of nitrogens with one attached hydrogen (secondary N) is 2. The normalized spacial score (nSPS) is 21.0. The number of nitrogens with zero attached hydrogens (tertiary/aromatic N) is 2. The van der Waals surface area contributed by atoms with Gasteiger partial charge in [0.05, 0.1) is 12.0 Å². The Labute approximate surface area is 146 Å². The fraction of sp³-hybridized carbons (Fsp3) is 0.500. The second-order valence-electron chi connectivity index (χ2n) is 6.65. The van der Waals surface area contributed by atoms with Crippen LogP contribution in [0, 0.1) is 5.92 Å². The molecule has 1 fully saturated rings. The van der Waals surface area contributed by atoms with Crippen LogP contribution in [-0.2, 0) is 0 Å². The Kier molecular flexibility index (Phi) is 5.65. The molecule has 2 aromatic rings. The summed E-state index contributed by atoms with van der Waals surface area (Å²) in [4.78, 5) is 16.3. The molecule has 1 saturated carbocycles. The van der Waals surface area contributed by atoms with Gasteiger partial charge in [0, 0.05) is 18.7 Å². The van der Waals surface area contributed by atoms with E-state index < -0.39 is 0 Å². The molecule has 1 aliphatic carbocycles. The zero-order chi connectivity index (χ0) is 17.6. The Balaban J connectivity index is 1.44. The summed E-state index contributed by atoms with van der Waals surface area (Å²) >= 11 is 0. The Morgan fingerprint density at radius 2 is 2.12 bits per heavy atom. The molecular weight excluding hydrogens is 320 g/mol. The predicted molar refractivity (Wildman–Crippen MR) is 92.9 cm³/mol. The summed E-state index contributed by atoms with van der Waals surface area (Å²) in [7, 11) is 0. The first kappa shape index (κ1) is 17.4. The smallest absolute Gasteiger partial charge is 0.314 e. The van der Waals surface area contributed by atoms with Gasteiger partial charge in [-0.3, -0.25) is 0 Å². The number of aliphatic hydroxyl groups is 1. The number of aromatic nitrogens is 2. The average Bonchev–Trinajstić information content (AvgIpc) is 3.28. The number of aliphatic hydroxyl groups excluding tert-OH is 1. The van der Waals surface area contributed by atoms with E-state index in [9.17, 15) is 9.90 Å². The van der Waals surface area contributed by atoms with E-state index in [0.29, 0.717) is 30.7 Å².